The predicted octanol–water partition coefficient (Wildman–Crippen LogP) is 6.71. The number of amides is 1. The van der Waals surface area contributed by atoms with Gasteiger partial charge in [-0.1, -0.05) is 66.2 Å². The van der Waals surface area contributed by atoms with Crippen molar-refractivity contribution in [3.63, 3.8) is 0 Å². The Morgan fingerprint density at radius 2 is 1.84 bits per heavy atom. The number of nitrogens with one attached hydrogen (secondary N) is 3. The molecule has 3 aromatic carbocycles. The molecule has 1 unspecified atom stereocenters. The van der Waals surface area contributed by atoms with E-state index in [4.69, 9.17) is 11.6 Å². The van der Waals surface area contributed by atoms with E-state index in [9.17, 15) is 4.79 Å². The summed E-state index contributed by atoms with van der Waals surface area (Å²) in [5.74, 6) is 1.64. The minimum absolute atomic E-state index is 0.0734. The van der Waals surface area contributed by atoms with Crippen LogP contribution in [0.4, 0.5) is 5.82 Å². The maximum absolute atomic E-state index is 12.7. The van der Waals surface area contributed by atoms with Gasteiger partial charge in [0.05, 0.1) is 22.3 Å². The highest BCUT2D eigenvalue weighted by Gasteiger charge is 2.24. The SMILES string of the molecule is CSc1ccccc1C(=O)NCc1cccc(CNC2=CC(c3ccccc3Cl)Nc3c(Br)cnn32)c1. The Morgan fingerprint density at radius 1 is 1.08 bits per heavy atom. The lowest BCUT2D eigenvalue weighted by Gasteiger charge is -2.27. The Morgan fingerprint density at radius 3 is 2.65 bits per heavy atom. The molecule has 0 saturated heterocycles. The zero-order chi connectivity index (χ0) is 25.8. The van der Waals surface area contributed by atoms with E-state index in [0.717, 1.165) is 37.7 Å². The summed E-state index contributed by atoms with van der Waals surface area (Å²) in [5, 5.41) is 15.3. The smallest absolute Gasteiger partial charge is 0.252 e. The summed E-state index contributed by atoms with van der Waals surface area (Å²) in [5.41, 5.74) is 3.81. The van der Waals surface area contributed by atoms with E-state index < -0.39 is 0 Å². The van der Waals surface area contributed by atoms with Gasteiger partial charge < -0.3 is 16.0 Å². The van der Waals surface area contributed by atoms with Crippen LogP contribution in [0.5, 0.6) is 0 Å². The van der Waals surface area contributed by atoms with Gasteiger partial charge >= 0.3 is 0 Å². The molecule has 1 aliphatic rings. The maximum atomic E-state index is 12.7. The number of fused-ring (bicyclic) bond motifs is 1. The molecule has 37 heavy (non-hydrogen) atoms. The average molecular weight is 595 g/mol. The lowest BCUT2D eigenvalue weighted by Crippen LogP contribution is -2.26. The van der Waals surface area contributed by atoms with Crippen molar-refractivity contribution in [3.8, 4) is 0 Å². The minimum atomic E-state index is -0.109. The van der Waals surface area contributed by atoms with Crippen molar-refractivity contribution < 1.29 is 4.79 Å². The van der Waals surface area contributed by atoms with E-state index in [1.807, 2.05) is 71.6 Å². The largest absolute Gasteiger partial charge is 0.366 e. The normalized spacial score (nSPS) is 14.4. The molecule has 2 heterocycles. The van der Waals surface area contributed by atoms with Gasteiger partial charge in [-0.25, -0.2) is 4.68 Å². The first kappa shape index (κ1) is 25.4. The molecule has 0 radical (unpaired) electrons. The van der Waals surface area contributed by atoms with Crippen molar-refractivity contribution in [1.82, 2.24) is 20.4 Å². The summed E-state index contributed by atoms with van der Waals surface area (Å²) in [6.45, 7) is 1.04. The number of carbonyl (C=O) groups excluding carboxylic acids is 1. The number of hydrogen-bond acceptors (Lipinski definition) is 5. The van der Waals surface area contributed by atoms with Gasteiger partial charge in [0.2, 0.25) is 0 Å². The standard InChI is InChI=1S/C28H25BrClN5OS/c1-37-25-12-5-3-10-21(25)28(36)32-16-19-8-6-7-18(13-19)15-31-26-14-24(20-9-2-4-11-23(20)30)34-27-22(29)17-33-35(26)27/h2-14,17,24,31,34H,15-16H2,1H3,(H,32,36). The number of benzene rings is 3. The van der Waals surface area contributed by atoms with Crippen molar-refractivity contribution in [2.75, 3.05) is 11.6 Å². The molecule has 0 spiro atoms. The second-order valence-corrected chi connectivity index (χ2v) is 10.6. The molecule has 1 amide bonds. The molecule has 1 aliphatic heterocycles. The quantitative estimate of drug-likeness (QED) is 0.198. The number of thioether (sulfide) groups is 1. The van der Waals surface area contributed by atoms with Crippen LogP contribution in [0.15, 0.2) is 94.4 Å². The highest BCUT2D eigenvalue weighted by Crippen LogP contribution is 2.35. The van der Waals surface area contributed by atoms with Gasteiger partial charge in [-0.15, -0.1) is 11.8 Å². The molecule has 0 saturated carbocycles. The fourth-order valence-electron chi connectivity index (χ4n) is 4.24. The van der Waals surface area contributed by atoms with Gasteiger partial charge in [0.1, 0.15) is 11.6 Å². The Kier molecular flexibility index (Phi) is 7.88. The Labute approximate surface area is 233 Å². The summed E-state index contributed by atoms with van der Waals surface area (Å²) in [6.07, 6.45) is 5.83. The van der Waals surface area contributed by atoms with Crippen LogP contribution in [0.3, 0.4) is 0 Å². The van der Waals surface area contributed by atoms with E-state index in [-0.39, 0.29) is 11.9 Å². The van der Waals surface area contributed by atoms with Crippen LogP contribution >= 0.6 is 39.3 Å². The van der Waals surface area contributed by atoms with Gasteiger partial charge in [0.15, 0.2) is 0 Å². The summed E-state index contributed by atoms with van der Waals surface area (Å²) < 4.78 is 2.71. The van der Waals surface area contributed by atoms with Crippen LogP contribution in [0.1, 0.15) is 33.1 Å². The third-order valence-corrected chi connectivity index (χ3v) is 7.80. The van der Waals surface area contributed by atoms with E-state index in [1.165, 1.54) is 0 Å². The Bertz CT molecular complexity index is 1470. The minimum Gasteiger partial charge on any atom is -0.366 e. The highest BCUT2D eigenvalue weighted by atomic mass is 79.9. The molecular weight excluding hydrogens is 570 g/mol. The fourth-order valence-corrected chi connectivity index (χ4v) is 5.46. The van der Waals surface area contributed by atoms with Crippen LogP contribution in [0.25, 0.3) is 5.82 Å². The fraction of sp³-hybridized carbons (Fsp3) is 0.143. The topological polar surface area (TPSA) is 71.0 Å². The van der Waals surface area contributed by atoms with Crippen LogP contribution in [-0.2, 0) is 13.1 Å². The zero-order valence-electron chi connectivity index (χ0n) is 20.0. The molecule has 1 aromatic heterocycles. The van der Waals surface area contributed by atoms with Gasteiger partial charge in [0.25, 0.3) is 5.91 Å². The monoisotopic (exact) mass is 593 g/mol. The summed E-state index contributed by atoms with van der Waals surface area (Å²) in [6, 6.07) is 23.5. The zero-order valence-corrected chi connectivity index (χ0v) is 23.2. The van der Waals surface area contributed by atoms with Gasteiger partial charge in [-0.3, -0.25) is 4.79 Å². The first-order valence-corrected chi connectivity index (χ1v) is 14.1. The molecule has 188 valence electrons. The number of carbonyl (C=O) groups is 1. The van der Waals surface area contributed by atoms with E-state index in [1.54, 1.807) is 18.0 Å². The number of halogens is 2. The number of nitrogens with zero attached hydrogens (tertiary/aromatic N) is 2. The third kappa shape index (κ3) is 5.71. The molecule has 0 bridgehead atoms. The van der Waals surface area contributed by atoms with Crippen molar-refractivity contribution >= 4 is 56.8 Å². The lowest BCUT2D eigenvalue weighted by molar-refractivity contribution is 0.0948. The van der Waals surface area contributed by atoms with Crippen molar-refractivity contribution in [2.45, 2.75) is 24.0 Å². The molecule has 0 aliphatic carbocycles. The highest BCUT2D eigenvalue weighted by molar-refractivity contribution is 9.10. The predicted molar refractivity (Wildman–Crippen MR) is 155 cm³/mol. The molecule has 1 atom stereocenters. The second kappa shape index (κ2) is 11.5. The maximum Gasteiger partial charge on any atom is 0.252 e. The lowest BCUT2D eigenvalue weighted by atomic mass is 10.1. The van der Waals surface area contributed by atoms with Crippen molar-refractivity contribution in [2.24, 2.45) is 0 Å². The molecular formula is C28H25BrClN5OS. The van der Waals surface area contributed by atoms with Crippen molar-refractivity contribution in [1.29, 1.82) is 0 Å². The van der Waals surface area contributed by atoms with Crippen molar-refractivity contribution in [3.05, 3.63) is 117 Å². The number of hydrogen-bond donors (Lipinski definition) is 3. The average Bonchev–Trinajstić information content (AvgIpc) is 3.31. The van der Waals surface area contributed by atoms with Crippen LogP contribution in [0.2, 0.25) is 5.02 Å². The van der Waals surface area contributed by atoms with Gasteiger partial charge in [-0.2, -0.15) is 5.10 Å². The number of anilines is 1. The van der Waals surface area contributed by atoms with Crippen LogP contribution < -0.4 is 16.0 Å². The van der Waals surface area contributed by atoms with Gasteiger partial charge in [0, 0.05) is 23.0 Å². The molecule has 9 heteroatoms. The second-order valence-electron chi connectivity index (χ2n) is 8.50. The molecule has 6 nitrogen and oxygen atoms in total. The number of aromatic nitrogens is 2. The first-order valence-electron chi connectivity index (χ1n) is 11.7. The summed E-state index contributed by atoms with van der Waals surface area (Å²) >= 11 is 11.6. The van der Waals surface area contributed by atoms with Gasteiger partial charge in [-0.05, 0) is 63.2 Å². The molecule has 4 aromatic rings. The van der Waals surface area contributed by atoms with E-state index >= 15 is 0 Å². The van der Waals surface area contributed by atoms with E-state index in [0.29, 0.717) is 23.7 Å². The Balaban J connectivity index is 1.29. The molecule has 3 N–H and O–H groups in total. The van der Waals surface area contributed by atoms with E-state index in [2.05, 4.69) is 55.2 Å². The number of rotatable bonds is 8. The van der Waals surface area contributed by atoms with Crippen LogP contribution in [-0.4, -0.2) is 21.9 Å². The third-order valence-electron chi connectivity index (χ3n) is 6.08. The molecule has 0 fully saturated rings. The van der Waals surface area contributed by atoms with Crippen LogP contribution in [0, 0.1) is 0 Å². The summed E-state index contributed by atoms with van der Waals surface area (Å²) in [7, 11) is 0. The Hall–Kier alpha value is -3.20. The first-order chi connectivity index (χ1) is 18.0. The molecule has 5 rings (SSSR count). The summed E-state index contributed by atoms with van der Waals surface area (Å²) in [4.78, 5) is 13.7.